The van der Waals surface area contributed by atoms with Gasteiger partial charge in [-0.1, -0.05) is 31.9 Å². The van der Waals surface area contributed by atoms with Crippen molar-refractivity contribution < 1.29 is 0 Å². The third-order valence-corrected chi connectivity index (χ3v) is 5.33. The molecule has 0 bridgehead atoms. The van der Waals surface area contributed by atoms with E-state index >= 15 is 0 Å². The van der Waals surface area contributed by atoms with E-state index in [-0.39, 0.29) is 0 Å². The van der Waals surface area contributed by atoms with E-state index in [1.54, 1.807) is 0 Å². The van der Waals surface area contributed by atoms with E-state index in [4.69, 9.17) is 16.6 Å². The van der Waals surface area contributed by atoms with Crippen molar-refractivity contribution >= 4 is 22.6 Å². The number of nitrogens with zero attached hydrogens (tertiary/aromatic N) is 2. The molecule has 2 aromatic rings. The minimum absolute atomic E-state index is 0.457. The average molecular weight is 291 g/mol. The molecule has 0 aliphatic heterocycles. The highest BCUT2D eigenvalue weighted by molar-refractivity contribution is 6.16. The van der Waals surface area contributed by atoms with E-state index in [9.17, 15) is 0 Å². The number of alkyl halides is 1. The molecule has 0 spiro atoms. The molecule has 2 nitrogen and oxygen atoms in total. The molecule has 20 heavy (non-hydrogen) atoms. The Morgan fingerprint density at radius 2 is 2.05 bits per heavy atom. The fourth-order valence-corrected chi connectivity index (χ4v) is 3.90. The maximum Gasteiger partial charge on any atom is 0.124 e. The van der Waals surface area contributed by atoms with Crippen molar-refractivity contribution in [3.63, 3.8) is 0 Å². The SMILES string of the molecule is CCC1(Cn2c(CCl)nc3c(C)cccc32)CCCC1. The third-order valence-electron chi connectivity index (χ3n) is 5.09. The zero-order valence-electron chi connectivity index (χ0n) is 12.5. The number of aromatic nitrogens is 2. The quantitative estimate of drug-likeness (QED) is 0.720. The van der Waals surface area contributed by atoms with Crippen molar-refractivity contribution in [1.82, 2.24) is 9.55 Å². The first-order valence-corrected chi connectivity index (χ1v) is 8.23. The molecule has 0 amide bonds. The lowest BCUT2D eigenvalue weighted by molar-refractivity contribution is 0.238. The van der Waals surface area contributed by atoms with Crippen LogP contribution in [0.2, 0.25) is 0 Å². The topological polar surface area (TPSA) is 17.8 Å². The van der Waals surface area contributed by atoms with Crippen molar-refractivity contribution in [2.24, 2.45) is 5.41 Å². The Kier molecular flexibility index (Phi) is 3.76. The molecule has 3 heteroatoms. The molecule has 0 saturated heterocycles. The maximum atomic E-state index is 6.15. The van der Waals surface area contributed by atoms with E-state index < -0.39 is 0 Å². The number of fused-ring (bicyclic) bond motifs is 1. The number of hydrogen-bond donors (Lipinski definition) is 0. The van der Waals surface area contributed by atoms with Gasteiger partial charge in [0.1, 0.15) is 5.82 Å². The molecule has 108 valence electrons. The third kappa shape index (κ3) is 2.24. The van der Waals surface area contributed by atoms with Gasteiger partial charge in [-0.2, -0.15) is 0 Å². The molecule has 0 N–H and O–H groups in total. The minimum atomic E-state index is 0.457. The monoisotopic (exact) mass is 290 g/mol. The molecule has 1 saturated carbocycles. The van der Waals surface area contributed by atoms with Gasteiger partial charge in [0.15, 0.2) is 0 Å². The molecule has 3 rings (SSSR count). The smallest absolute Gasteiger partial charge is 0.124 e. The summed E-state index contributed by atoms with van der Waals surface area (Å²) in [6.45, 7) is 5.53. The average Bonchev–Trinajstić information content (AvgIpc) is 3.06. The summed E-state index contributed by atoms with van der Waals surface area (Å²) in [7, 11) is 0. The minimum Gasteiger partial charge on any atom is -0.326 e. The zero-order valence-corrected chi connectivity index (χ0v) is 13.2. The fraction of sp³-hybridized carbons (Fsp3) is 0.588. The van der Waals surface area contributed by atoms with Gasteiger partial charge in [-0.05, 0) is 43.2 Å². The first-order chi connectivity index (χ1) is 9.69. The lowest BCUT2D eigenvalue weighted by Gasteiger charge is -2.29. The summed E-state index contributed by atoms with van der Waals surface area (Å²) < 4.78 is 2.38. The summed E-state index contributed by atoms with van der Waals surface area (Å²) in [6, 6.07) is 6.44. The number of para-hydroxylation sites is 1. The van der Waals surface area contributed by atoms with Crippen LogP contribution in [0.15, 0.2) is 18.2 Å². The lowest BCUT2D eigenvalue weighted by atomic mass is 9.83. The molecule has 0 atom stereocenters. The Labute approximate surface area is 126 Å². The maximum absolute atomic E-state index is 6.15. The predicted octanol–water partition coefficient (Wildman–Crippen LogP) is 5.05. The predicted molar refractivity (Wildman–Crippen MR) is 85.2 cm³/mol. The van der Waals surface area contributed by atoms with Crippen LogP contribution in [-0.4, -0.2) is 9.55 Å². The number of imidazole rings is 1. The van der Waals surface area contributed by atoms with Crippen molar-refractivity contribution in [1.29, 1.82) is 0 Å². The number of hydrogen-bond acceptors (Lipinski definition) is 1. The molecular weight excluding hydrogens is 268 g/mol. The van der Waals surface area contributed by atoms with Crippen LogP contribution in [0.4, 0.5) is 0 Å². The lowest BCUT2D eigenvalue weighted by Crippen LogP contribution is -2.23. The van der Waals surface area contributed by atoms with Crippen LogP contribution in [-0.2, 0) is 12.4 Å². The second-order valence-corrected chi connectivity index (χ2v) is 6.52. The van der Waals surface area contributed by atoms with Gasteiger partial charge in [-0.15, -0.1) is 11.6 Å². The van der Waals surface area contributed by atoms with Crippen LogP contribution >= 0.6 is 11.6 Å². The summed E-state index contributed by atoms with van der Waals surface area (Å²) >= 11 is 6.15. The molecule has 0 unspecified atom stereocenters. The summed E-state index contributed by atoms with van der Waals surface area (Å²) in [5.74, 6) is 1.52. The largest absolute Gasteiger partial charge is 0.326 e. The van der Waals surface area contributed by atoms with Crippen LogP contribution in [0.5, 0.6) is 0 Å². The van der Waals surface area contributed by atoms with Crippen LogP contribution in [0.3, 0.4) is 0 Å². The van der Waals surface area contributed by atoms with Crippen LogP contribution in [0.25, 0.3) is 11.0 Å². The standard InChI is InChI=1S/C17H23ClN2/c1-3-17(9-4-5-10-17)12-20-14-8-6-7-13(2)16(14)19-15(20)11-18/h6-8H,3-5,9-12H2,1-2H3. The fourth-order valence-electron chi connectivity index (χ4n) is 3.70. The Morgan fingerprint density at radius 3 is 2.70 bits per heavy atom. The second-order valence-electron chi connectivity index (χ2n) is 6.25. The second kappa shape index (κ2) is 5.40. The van der Waals surface area contributed by atoms with E-state index in [0.29, 0.717) is 11.3 Å². The van der Waals surface area contributed by atoms with Crippen LogP contribution in [0, 0.1) is 12.3 Å². The van der Waals surface area contributed by atoms with Crippen LogP contribution in [0.1, 0.15) is 50.4 Å². The molecule has 0 radical (unpaired) electrons. The van der Waals surface area contributed by atoms with Gasteiger partial charge >= 0.3 is 0 Å². The first-order valence-electron chi connectivity index (χ1n) is 7.70. The van der Waals surface area contributed by atoms with E-state index in [0.717, 1.165) is 17.9 Å². The van der Waals surface area contributed by atoms with Crippen molar-refractivity contribution in [2.75, 3.05) is 0 Å². The van der Waals surface area contributed by atoms with Gasteiger partial charge in [0.25, 0.3) is 0 Å². The molecule has 1 fully saturated rings. The molecule has 1 aliphatic carbocycles. The van der Waals surface area contributed by atoms with Gasteiger partial charge < -0.3 is 4.57 Å². The van der Waals surface area contributed by atoms with Gasteiger partial charge in [-0.25, -0.2) is 4.98 Å². The molecule has 1 aliphatic rings. The van der Waals surface area contributed by atoms with Crippen molar-refractivity contribution in [2.45, 2.75) is 58.4 Å². The number of halogens is 1. The molecule has 1 aromatic heterocycles. The first kappa shape index (κ1) is 13.9. The summed E-state index contributed by atoms with van der Waals surface area (Å²) in [4.78, 5) is 4.77. The van der Waals surface area contributed by atoms with Gasteiger partial charge in [0.05, 0.1) is 16.9 Å². The highest BCUT2D eigenvalue weighted by atomic mass is 35.5. The van der Waals surface area contributed by atoms with Gasteiger partial charge in [-0.3, -0.25) is 0 Å². The van der Waals surface area contributed by atoms with Crippen molar-refractivity contribution in [3.05, 3.63) is 29.6 Å². The highest BCUT2D eigenvalue weighted by Crippen LogP contribution is 2.43. The zero-order chi connectivity index (χ0) is 14.2. The van der Waals surface area contributed by atoms with E-state index in [1.165, 1.54) is 43.2 Å². The van der Waals surface area contributed by atoms with E-state index in [2.05, 4.69) is 36.6 Å². The Balaban J connectivity index is 2.08. The Morgan fingerprint density at radius 1 is 1.30 bits per heavy atom. The summed E-state index contributed by atoms with van der Waals surface area (Å²) in [5.41, 5.74) is 4.07. The normalized spacial score (nSPS) is 17.9. The number of rotatable bonds is 4. The molecule has 1 heterocycles. The van der Waals surface area contributed by atoms with Crippen molar-refractivity contribution in [3.8, 4) is 0 Å². The Hall–Kier alpha value is -1.02. The number of benzene rings is 1. The van der Waals surface area contributed by atoms with Gasteiger partial charge in [0.2, 0.25) is 0 Å². The Bertz CT molecular complexity index is 609. The molecular formula is C17H23ClN2. The van der Waals surface area contributed by atoms with Crippen LogP contribution < -0.4 is 0 Å². The van der Waals surface area contributed by atoms with Gasteiger partial charge in [0, 0.05) is 6.54 Å². The summed E-state index contributed by atoms with van der Waals surface area (Å²) in [6.07, 6.45) is 6.68. The summed E-state index contributed by atoms with van der Waals surface area (Å²) in [5, 5.41) is 0. The number of aryl methyl sites for hydroxylation is 1. The molecule has 1 aromatic carbocycles. The highest BCUT2D eigenvalue weighted by Gasteiger charge is 2.33. The van der Waals surface area contributed by atoms with E-state index in [1.807, 2.05) is 0 Å².